The molecule has 0 unspecified atom stereocenters. The molecule has 0 atom stereocenters. The highest BCUT2D eigenvalue weighted by Crippen LogP contribution is 2.43. The van der Waals surface area contributed by atoms with Gasteiger partial charge >= 0.3 is 5.69 Å². The zero-order valence-electron chi connectivity index (χ0n) is 10.4. The first-order valence-corrected chi connectivity index (χ1v) is 6.69. The lowest BCUT2D eigenvalue weighted by molar-refractivity contribution is -0.386. The summed E-state index contributed by atoms with van der Waals surface area (Å²) in [7, 11) is 0. The Hall–Kier alpha value is -1.23. The minimum atomic E-state index is -0.376. The van der Waals surface area contributed by atoms with E-state index >= 15 is 0 Å². The van der Waals surface area contributed by atoms with Crippen molar-refractivity contribution in [3.8, 4) is 5.75 Å². The average Bonchev–Trinajstić information content (AvgIpc) is 2.27. The van der Waals surface area contributed by atoms with Gasteiger partial charge in [-0.1, -0.05) is 18.6 Å². The lowest BCUT2D eigenvalue weighted by atomic mass is 9.71. The van der Waals surface area contributed by atoms with Gasteiger partial charge in [-0.15, -0.1) is 0 Å². The molecule has 0 aromatic heterocycles. The fraction of sp³-hybridized carbons (Fsp3) is 0.538. The number of thiol groups is 1. The molecule has 1 aromatic carbocycles. The van der Waals surface area contributed by atoms with E-state index in [2.05, 4.69) is 12.6 Å². The fourth-order valence-electron chi connectivity index (χ4n) is 2.24. The van der Waals surface area contributed by atoms with E-state index in [1.54, 1.807) is 25.1 Å². The maximum atomic E-state index is 11.0. The fourth-order valence-corrected chi connectivity index (χ4v) is 2.65. The van der Waals surface area contributed by atoms with E-state index in [9.17, 15) is 10.1 Å². The van der Waals surface area contributed by atoms with Gasteiger partial charge in [0, 0.05) is 11.0 Å². The van der Waals surface area contributed by atoms with Crippen molar-refractivity contribution in [2.24, 2.45) is 5.41 Å². The first-order chi connectivity index (χ1) is 8.58. The Balaban J connectivity index is 2.14. The van der Waals surface area contributed by atoms with Crippen LogP contribution in [0.2, 0.25) is 0 Å². The zero-order valence-corrected chi connectivity index (χ0v) is 11.3. The number of hydrogen-bond acceptors (Lipinski definition) is 4. The molecule has 18 heavy (non-hydrogen) atoms. The van der Waals surface area contributed by atoms with Crippen LogP contribution in [0.3, 0.4) is 0 Å². The van der Waals surface area contributed by atoms with Gasteiger partial charge in [-0.2, -0.15) is 12.6 Å². The predicted octanol–water partition coefficient (Wildman–Crippen LogP) is 3.38. The molecule has 0 N–H and O–H groups in total. The molecule has 4 nitrogen and oxygen atoms in total. The van der Waals surface area contributed by atoms with Gasteiger partial charge in [-0.05, 0) is 31.6 Å². The van der Waals surface area contributed by atoms with E-state index in [-0.39, 0.29) is 16.0 Å². The minimum Gasteiger partial charge on any atom is -0.486 e. The summed E-state index contributed by atoms with van der Waals surface area (Å²) in [5, 5.41) is 11.0. The summed E-state index contributed by atoms with van der Waals surface area (Å²) in [5.74, 6) is 1.14. The standard InChI is InChI=1S/C13H17NO3S/c1-10-4-2-5-11(12(10)14(15)16)17-8-13(9-18)6-3-7-13/h2,4-5,18H,3,6-9H2,1H3. The minimum absolute atomic E-state index is 0.0751. The Morgan fingerprint density at radius 3 is 2.72 bits per heavy atom. The maximum Gasteiger partial charge on any atom is 0.313 e. The van der Waals surface area contributed by atoms with Crippen LogP contribution in [0.1, 0.15) is 24.8 Å². The van der Waals surface area contributed by atoms with Crippen LogP contribution >= 0.6 is 12.6 Å². The molecule has 1 saturated carbocycles. The molecule has 0 spiro atoms. The van der Waals surface area contributed by atoms with E-state index in [0.29, 0.717) is 17.9 Å². The van der Waals surface area contributed by atoms with Crippen molar-refractivity contribution in [2.75, 3.05) is 12.4 Å². The van der Waals surface area contributed by atoms with Crippen LogP contribution < -0.4 is 4.74 Å². The number of nitro groups is 1. The van der Waals surface area contributed by atoms with Crippen molar-refractivity contribution in [3.63, 3.8) is 0 Å². The Kier molecular flexibility index (Phi) is 3.80. The molecule has 1 aliphatic carbocycles. The van der Waals surface area contributed by atoms with Gasteiger partial charge in [0.05, 0.1) is 11.5 Å². The van der Waals surface area contributed by atoms with Gasteiger partial charge in [0.1, 0.15) is 0 Å². The van der Waals surface area contributed by atoms with Crippen molar-refractivity contribution in [1.29, 1.82) is 0 Å². The van der Waals surface area contributed by atoms with Gasteiger partial charge < -0.3 is 4.74 Å². The van der Waals surface area contributed by atoms with Gasteiger partial charge in [0.25, 0.3) is 0 Å². The quantitative estimate of drug-likeness (QED) is 0.505. The smallest absolute Gasteiger partial charge is 0.313 e. The summed E-state index contributed by atoms with van der Waals surface area (Å²) in [4.78, 5) is 10.7. The highest BCUT2D eigenvalue weighted by molar-refractivity contribution is 7.80. The van der Waals surface area contributed by atoms with Crippen LogP contribution in [-0.2, 0) is 0 Å². The van der Waals surface area contributed by atoms with Gasteiger partial charge in [0.2, 0.25) is 0 Å². The number of rotatable bonds is 5. The van der Waals surface area contributed by atoms with Crippen molar-refractivity contribution < 1.29 is 9.66 Å². The molecule has 1 aromatic rings. The van der Waals surface area contributed by atoms with Crippen LogP contribution in [0, 0.1) is 22.5 Å². The molecule has 0 radical (unpaired) electrons. The maximum absolute atomic E-state index is 11.0. The summed E-state index contributed by atoms with van der Waals surface area (Å²) in [5.41, 5.74) is 0.818. The molecule has 0 aliphatic heterocycles. The Morgan fingerprint density at radius 1 is 1.50 bits per heavy atom. The molecular formula is C13H17NO3S. The van der Waals surface area contributed by atoms with E-state index in [1.807, 2.05) is 0 Å². The molecule has 0 heterocycles. The van der Waals surface area contributed by atoms with E-state index < -0.39 is 0 Å². The summed E-state index contributed by atoms with van der Waals surface area (Å²) in [6, 6.07) is 5.17. The second-order valence-electron chi connectivity index (χ2n) is 4.98. The number of hydrogen-bond donors (Lipinski definition) is 1. The number of nitrogens with zero attached hydrogens (tertiary/aromatic N) is 1. The lowest BCUT2D eigenvalue weighted by Crippen LogP contribution is -2.37. The number of benzene rings is 1. The summed E-state index contributed by atoms with van der Waals surface area (Å²) in [6.07, 6.45) is 3.38. The van der Waals surface area contributed by atoms with Crippen molar-refractivity contribution in [1.82, 2.24) is 0 Å². The average molecular weight is 267 g/mol. The lowest BCUT2D eigenvalue weighted by Gasteiger charge is -2.40. The molecule has 0 amide bonds. The highest BCUT2D eigenvalue weighted by atomic mass is 32.1. The monoisotopic (exact) mass is 267 g/mol. The van der Waals surface area contributed by atoms with Gasteiger partial charge in [0.15, 0.2) is 5.75 Å². The number of nitro benzene ring substituents is 1. The third-order valence-corrected chi connectivity index (χ3v) is 4.34. The molecule has 1 aliphatic rings. The Morgan fingerprint density at radius 2 is 2.22 bits per heavy atom. The van der Waals surface area contributed by atoms with Gasteiger partial charge in [-0.25, -0.2) is 0 Å². The molecule has 2 rings (SSSR count). The first-order valence-electron chi connectivity index (χ1n) is 6.06. The Bertz CT molecular complexity index is 452. The van der Waals surface area contributed by atoms with Crippen LogP contribution in [0.5, 0.6) is 5.75 Å². The normalized spacial score (nSPS) is 17.0. The van der Waals surface area contributed by atoms with Crippen LogP contribution in [0.15, 0.2) is 18.2 Å². The van der Waals surface area contributed by atoms with E-state index in [4.69, 9.17) is 4.74 Å². The summed E-state index contributed by atoms with van der Waals surface area (Å²) >= 11 is 4.35. The molecular weight excluding hydrogens is 250 g/mol. The van der Waals surface area contributed by atoms with Crippen LogP contribution in [-0.4, -0.2) is 17.3 Å². The van der Waals surface area contributed by atoms with Crippen molar-refractivity contribution >= 4 is 18.3 Å². The second-order valence-corrected chi connectivity index (χ2v) is 5.30. The predicted molar refractivity (Wildman–Crippen MR) is 73.5 cm³/mol. The summed E-state index contributed by atoms with van der Waals surface area (Å²) in [6.45, 7) is 2.24. The molecule has 1 fully saturated rings. The third-order valence-electron chi connectivity index (χ3n) is 3.67. The molecule has 0 saturated heterocycles. The SMILES string of the molecule is Cc1cccc(OCC2(CS)CCC2)c1[N+](=O)[O-]. The number of aryl methyl sites for hydroxylation is 1. The third kappa shape index (κ3) is 2.46. The number of ether oxygens (including phenoxy) is 1. The van der Waals surface area contributed by atoms with Crippen molar-refractivity contribution in [2.45, 2.75) is 26.2 Å². The Labute approximate surface area is 112 Å². The molecule has 0 bridgehead atoms. The van der Waals surface area contributed by atoms with Gasteiger partial charge in [-0.3, -0.25) is 10.1 Å². The zero-order chi connectivity index (χ0) is 13.2. The highest BCUT2D eigenvalue weighted by Gasteiger charge is 2.37. The summed E-state index contributed by atoms with van der Waals surface area (Å²) < 4.78 is 5.69. The van der Waals surface area contributed by atoms with E-state index in [1.165, 1.54) is 6.42 Å². The molecule has 98 valence electrons. The topological polar surface area (TPSA) is 52.4 Å². The molecule has 5 heteroatoms. The first kappa shape index (κ1) is 13.2. The van der Waals surface area contributed by atoms with Crippen molar-refractivity contribution in [3.05, 3.63) is 33.9 Å². The van der Waals surface area contributed by atoms with E-state index in [0.717, 1.165) is 18.6 Å². The van der Waals surface area contributed by atoms with Crippen LogP contribution in [0.25, 0.3) is 0 Å². The second kappa shape index (κ2) is 5.18. The largest absolute Gasteiger partial charge is 0.486 e. The van der Waals surface area contributed by atoms with Crippen LogP contribution in [0.4, 0.5) is 5.69 Å². The number of para-hydroxylation sites is 1.